The lowest BCUT2D eigenvalue weighted by Gasteiger charge is -2.13. The van der Waals surface area contributed by atoms with Crippen molar-refractivity contribution in [3.63, 3.8) is 0 Å². The SMILES string of the molecule is COC(=O)c1cc(C(=O)OC)cc(-n2c(C)cc(-c3csc(NCc4ccc(C)cc4)n3)c2C)c1. The summed E-state index contributed by atoms with van der Waals surface area (Å²) in [5.41, 5.74) is 7.36. The standard InChI is InChI=1S/C27H27N3O4S/c1-16-6-8-19(9-7-16)14-28-27-29-24(15-35-27)23-10-17(2)30(18(23)3)22-12-20(25(31)33-4)11-21(13-22)26(32)34-5/h6-13,15H,14H2,1-5H3,(H,28,29). The highest BCUT2D eigenvalue weighted by atomic mass is 32.1. The zero-order chi connectivity index (χ0) is 25.1. The number of thiazole rings is 1. The fourth-order valence-corrected chi connectivity index (χ4v) is 4.70. The molecule has 0 fully saturated rings. The van der Waals surface area contributed by atoms with Crippen LogP contribution in [-0.4, -0.2) is 35.7 Å². The number of carbonyl (C=O) groups is 2. The molecule has 0 unspecified atom stereocenters. The van der Waals surface area contributed by atoms with Crippen LogP contribution in [0.4, 0.5) is 5.13 Å². The fraction of sp³-hybridized carbons (Fsp3) is 0.222. The van der Waals surface area contributed by atoms with Crippen LogP contribution in [-0.2, 0) is 16.0 Å². The van der Waals surface area contributed by atoms with Gasteiger partial charge in [-0.1, -0.05) is 29.8 Å². The minimum atomic E-state index is -0.525. The largest absolute Gasteiger partial charge is 0.465 e. The van der Waals surface area contributed by atoms with Crippen molar-refractivity contribution in [2.75, 3.05) is 19.5 Å². The highest BCUT2D eigenvalue weighted by Gasteiger charge is 2.19. The Morgan fingerprint density at radius 2 is 1.57 bits per heavy atom. The maximum Gasteiger partial charge on any atom is 0.337 e. The maximum absolute atomic E-state index is 12.2. The highest BCUT2D eigenvalue weighted by Crippen LogP contribution is 2.32. The molecule has 0 saturated carbocycles. The molecule has 35 heavy (non-hydrogen) atoms. The molecule has 0 aliphatic rings. The Kier molecular flexibility index (Phi) is 7.02. The average molecular weight is 490 g/mol. The number of benzene rings is 2. The van der Waals surface area contributed by atoms with Gasteiger partial charge in [-0.05, 0) is 50.6 Å². The molecule has 4 rings (SSSR count). The minimum Gasteiger partial charge on any atom is -0.465 e. The Morgan fingerprint density at radius 1 is 0.943 bits per heavy atom. The van der Waals surface area contributed by atoms with Gasteiger partial charge in [0.05, 0.1) is 31.0 Å². The first-order chi connectivity index (χ1) is 16.8. The first-order valence-corrected chi connectivity index (χ1v) is 11.9. The summed E-state index contributed by atoms with van der Waals surface area (Å²) in [4.78, 5) is 29.3. The number of methoxy groups -OCH3 is 2. The van der Waals surface area contributed by atoms with Crippen molar-refractivity contribution in [2.24, 2.45) is 0 Å². The summed E-state index contributed by atoms with van der Waals surface area (Å²) in [6.07, 6.45) is 0. The summed E-state index contributed by atoms with van der Waals surface area (Å²) in [5.74, 6) is -1.05. The number of rotatable bonds is 7. The van der Waals surface area contributed by atoms with E-state index in [-0.39, 0.29) is 11.1 Å². The Balaban J connectivity index is 1.65. The van der Waals surface area contributed by atoms with Crippen LogP contribution in [0.25, 0.3) is 16.9 Å². The topological polar surface area (TPSA) is 82.5 Å². The van der Waals surface area contributed by atoms with Crippen LogP contribution in [0.1, 0.15) is 43.2 Å². The third-order valence-electron chi connectivity index (χ3n) is 5.79. The third-order valence-corrected chi connectivity index (χ3v) is 6.59. The van der Waals surface area contributed by atoms with Gasteiger partial charge in [0.15, 0.2) is 5.13 Å². The molecule has 4 aromatic rings. The van der Waals surface area contributed by atoms with Crippen molar-refractivity contribution in [3.05, 3.63) is 87.6 Å². The van der Waals surface area contributed by atoms with Crippen molar-refractivity contribution in [1.82, 2.24) is 9.55 Å². The zero-order valence-corrected chi connectivity index (χ0v) is 21.2. The Bertz CT molecular complexity index is 1350. The highest BCUT2D eigenvalue weighted by molar-refractivity contribution is 7.14. The van der Waals surface area contributed by atoms with Gasteiger partial charge in [0, 0.05) is 34.6 Å². The maximum atomic E-state index is 12.2. The van der Waals surface area contributed by atoms with Crippen molar-refractivity contribution >= 4 is 28.4 Å². The number of hydrogen-bond acceptors (Lipinski definition) is 7. The van der Waals surface area contributed by atoms with Gasteiger partial charge in [-0.2, -0.15) is 0 Å². The third kappa shape index (κ3) is 5.12. The summed E-state index contributed by atoms with van der Waals surface area (Å²) in [6, 6.07) is 15.3. The summed E-state index contributed by atoms with van der Waals surface area (Å²) >= 11 is 1.55. The number of carbonyl (C=O) groups excluding carboxylic acids is 2. The van der Waals surface area contributed by atoms with Gasteiger partial charge in [0.1, 0.15) is 0 Å². The van der Waals surface area contributed by atoms with E-state index in [1.165, 1.54) is 31.4 Å². The molecule has 8 heteroatoms. The number of hydrogen-bond donors (Lipinski definition) is 1. The normalized spacial score (nSPS) is 10.8. The van der Waals surface area contributed by atoms with Gasteiger partial charge in [-0.25, -0.2) is 14.6 Å². The van der Waals surface area contributed by atoms with Crippen LogP contribution in [0.15, 0.2) is 53.9 Å². The number of nitrogens with zero attached hydrogens (tertiary/aromatic N) is 2. The van der Waals surface area contributed by atoms with Crippen molar-refractivity contribution in [1.29, 1.82) is 0 Å². The van der Waals surface area contributed by atoms with Gasteiger partial charge in [0.25, 0.3) is 0 Å². The van der Waals surface area contributed by atoms with E-state index in [4.69, 9.17) is 14.5 Å². The van der Waals surface area contributed by atoms with E-state index < -0.39 is 11.9 Å². The first-order valence-electron chi connectivity index (χ1n) is 11.1. The molecule has 7 nitrogen and oxygen atoms in total. The Labute approximate surface area is 208 Å². The number of nitrogens with one attached hydrogen (secondary N) is 1. The number of ether oxygens (including phenoxy) is 2. The van der Waals surface area contributed by atoms with Crippen LogP contribution >= 0.6 is 11.3 Å². The second-order valence-corrected chi connectivity index (χ2v) is 9.11. The van der Waals surface area contributed by atoms with Crippen molar-refractivity contribution in [2.45, 2.75) is 27.3 Å². The van der Waals surface area contributed by atoms with Gasteiger partial charge < -0.3 is 19.4 Å². The van der Waals surface area contributed by atoms with Crippen LogP contribution < -0.4 is 5.32 Å². The lowest BCUT2D eigenvalue weighted by atomic mass is 10.1. The molecule has 0 aliphatic carbocycles. The van der Waals surface area contributed by atoms with Crippen LogP contribution in [0.3, 0.4) is 0 Å². The lowest BCUT2D eigenvalue weighted by molar-refractivity contribution is 0.0599. The second kappa shape index (κ2) is 10.1. The smallest absolute Gasteiger partial charge is 0.337 e. The number of aryl methyl sites for hydroxylation is 2. The van der Waals surface area contributed by atoms with E-state index in [2.05, 4.69) is 42.6 Å². The molecule has 2 heterocycles. The van der Waals surface area contributed by atoms with E-state index in [9.17, 15) is 9.59 Å². The fourth-order valence-electron chi connectivity index (χ4n) is 3.99. The molecular weight excluding hydrogens is 462 g/mol. The summed E-state index contributed by atoms with van der Waals surface area (Å²) in [6.45, 7) is 6.73. The first kappa shape index (κ1) is 24.2. The number of aromatic nitrogens is 2. The van der Waals surface area contributed by atoms with Gasteiger partial charge in [-0.15, -0.1) is 11.3 Å². The number of esters is 2. The molecule has 0 saturated heterocycles. The number of anilines is 1. The monoisotopic (exact) mass is 489 g/mol. The van der Waals surface area contributed by atoms with E-state index in [1.54, 1.807) is 23.5 Å². The van der Waals surface area contributed by atoms with E-state index >= 15 is 0 Å². The summed E-state index contributed by atoms with van der Waals surface area (Å²) in [5, 5.41) is 6.25. The molecule has 2 aromatic carbocycles. The lowest BCUT2D eigenvalue weighted by Crippen LogP contribution is -2.09. The zero-order valence-electron chi connectivity index (χ0n) is 20.3. The van der Waals surface area contributed by atoms with Gasteiger partial charge in [0.2, 0.25) is 0 Å². The van der Waals surface area contributed by atoms with Gasteiger partial charge >= 0.3 is 11.9 Å². The molecule has 0 spiro atoms. The quantitative estimate of drug-likeness (QED) is 0.335. The molecule has 0 atom stereocenters. The Morgan fingerprint density at radius 3 is 2.17 bits per heavy atom. The van der Waals surface area contributed by atoms with Crippen LogP contribution in [0.2, 0.25) is 0 Å². The van der Waals surface area contributed by atoms with Crippen LogP contribution in [0.5, 0.6) is 0 Å². The van der Waals surface area contributed by atoms with Crippen molar-refractivity contribution in [3.8, 4) is 16.9 Å². The molecule has 1 N–H and O–H groups in total. The molecule has 0 bridgehead atoms. The Hall–Kier alpha value is -3.91. The van der Waals surface area contributed by atoms with Gasteiger partial charge in [-0.3, -0.25) is 0 Å². The molecule has 2 aromatic heterocycles. The summed E-state index contributed by atoms with van der Waals surface area (Å²) < 4.78 is 11.7. The summed E-state index contributed by atoms with van der Waals surface area (Å²) in [7, 11) is 2.62. The predicted molar refractivity (Wildman–Crippen MR) is 138 cm³/mol. The van der Waals surface area contributed by atoms with E-state index in [0.717, 1.165) is 27.8 Å². The minimum absolute atomic E-state index is 0.274. The van der Waals surface area contributed by atoms with Crippen molar-refractivity contribution < 1.29 is 19.1 Å². The molecule has 0 amide bonds. The molecule has 180 valence electrons. The van der Waals surface area contributed by atoms with E-state index in [0.29, 0.717) is 12.2 Å². The molecule has 0 aliphatic heterocycles. The molecule has 0 radical (unpaired) electrons. The molecular formula is C27H27N3O4S. The average Bonchev–Trinajstić information content (AvgIpc) is 3.45. The second-order valence-electron chi connectivity index (χ2n) is 8.25. The predicted octanol–water partition coefficient (Wildman–Crippen LogP) is 5.71. The van der Waals surface area contributed by atoms with Crippen LogP contribution in [0, 0.1) is 20.8 Å². The van der Waals surface area contributed by atoms with E-state index in [1.807, 2.05) is 23.8 Å².